The first-order chi connectivity index (χ1) is 10.7. The van der Waals surface area contributed by atoms with Crippen molar-refractivity contribution in [1.29, 1.82) is 0 Å². The monoisotopic (exact) mass is 324 g/mol. The van der Waals surface area contributed by atoms with Crippen molar-refractivity contribution in [3.8, 4) is 0 Å². The Balaban J connectivity index is 1.73. The van der Waals surface area contributed by atoms with Gasteiger partial charge in [0, 0.05) is 26.1 Å². The second-order valence-corrected chi connectivity index (χ2v) is 6.32. The van der Waals surface area contributed by atoms with E-state index in [1.165, 1.54) is 11.3 Å². The Labute approximate surface area is 135 Å². The van der Waals surface area contributed by atoms with E-state index in [1.54, 1.807) is 0 Å². The van der Waals surface area contributed by atoms with Crippen LogP contribution in [0.1, 0.15) is 35.9 Å². The summed E-state index contributed by atoms with van der Waals surface area (Å²) in [4.78, 5) is 28.8. The van der Waals surface area contributed by atoms with Crippen LogP contribution in [-0.4, -0.2) is 61.0 Å². The molecule has 1 fully saturated rings. The summed E-state index contributed by atoms with van der Waals surface area (Å²) in [5.74, 6) is 0.0233. The van der Waals surface area contributed by atoms with Gasteiger partial charge in [-0.15, -0.1) is 11.3 Å². The molecular formula is C16H24N2O3S. The van der Waals surface area contributed by atoms with E-state index >= 15 is 0 Å². The number of rotatable bonds is 6. The molecule has 0 bridgehead atoms. The van der Waals surface area contributed by atoms with Crippen LogP contribution in [0.15, 0.2) is 17.5 Å². The third-order valence-electron chi connectivity index (χ3n) is 3.77. The summed E-state index contributed by atoms with van der Waals surface area (Å²) in [5.41, 5.74) is 0. The molecule has 1 aliphatic rings. The van der Waals surface area contributed by atoms with Crippen LogP contribution in [0.2, 0.25) is 0 Å². The molecular weight excluding hydrogens is 300 g/mol. The second-order valence-electron chi connectivity index (χ2n) is 5.37. The van der Waals surface area contributed by atoms with Gasteiger partial charge in [0.25, 0.3) is 5.91 Å². The van der Waals surface area contributed by atoms with Crippen molar-refractivity contribution in [3.05, 3.63) is 22.4 Å². The normalized spacial score (nSPS) is 16.3. The van der Waals surface area contributed by atoms with Crippen molar-refractivity contribution in [2.75, 3.05) is 39.3 Å². The van der Waals surface area contributed by atoms with Crippen LogP contribution in [0.4, 0.5) is 0 Å². The number of hydrogen-bond donors (Lipinski definition) is 0. The summed E-state index contributed by atoms with van der Waals surface area (Å²) in [6, 6.07) is 3.80. The fourth-order valence-electron chi connectivity index (χ4n) is 2.63. The Kier molecular flexibility index (Phi) is 6.86. The van der Waals surface area contributed by atoms with Gasteiger partial charge in [-0.25, -0.2) is 0 Å². The molecule has 2 heterocycles. The quantitative estimate of drug-likeness (QED) is 0.753. The minimum Gasteiger partial charge on any atom is -0.466 e. The summed E-state index contributed by atoms with van der Waals surface area (Å²) < 4.78 is 4.94. The van der Waals surface area contributed by atoms with E-state index in [9.17, 15) is 9.59 Å². The molecule has 2 rings (SSSR count). The zero-order valence-electron chi connectivity index (χ0n) is 13.1. The molecule has 0 unspecified atom stereocenters. The molecule has 22 heavy (non-hydrogen) atoms. The fourth-order valence-corrected chi connectivity index (χ4v) is 3.32. The van der Waals surface area contributed by atoms with Gasteiger partial charge in [0.1, 0.15) is 0 Å². The van der Waals surface area contributed by atoms with E-state index in [-0.39, 0.29) is 11.9 Å². The van der Waals surface area contributed by atoms with E-state index in [4.69, 9.17) is 4.74 Å². The second kappa shape index (κ2) is 8.90. The molecule has 0 aliphatic carbocycles. The molecule has 0 spiro atoms. The highest BCUT2D eigenvalue weighted by molar-refractivity contribution is 7.12. The topological polar surface area (TPSA) is 49.9 Å². The van der Waals surface area contributed by atoms with Gasteiger partial charge < -0.3 is 14.5 Å². The number of carbonyl (C=O) groups is 2. The molecule has 1 aromatic rings. The molecule has 6 heteroatoms. The summed E-state index contributed by atoms with van der Waals surface area (Å²) >= 11 is 1.50. The van der Waals surface area contributed by atoms with Gasteiger partial charge in [-0.2, -0.15) is 0 Å². The number of nitrogens with zero attached hydrogens (tertiary/aromatic N) is 2. The third-order valence-corrected chi connectivity index (χ3v) is 4.63. The summed E-state index contributed by atoms with van der Waals surface area (Å²) in [6.45, 7) is 6.59. The largest absolute Gasteiger partial charge is 0.466 e. The predicted molar refractivity (Wildman–Crippen MR) is 87.1 cm³/mol. The van der Waals surface area contributed by atoms with Crippen LogP contribution in [-0.2, 0) is 9.53 Å². The molecule has 1 amide bonds. The van der Waals surface area contributed by atoms with Gasteiger partial charge >= 0.3 is 5.97 Å². The van der Waals surface area contributed by atoms with Gasteiger partial charge in [-0.3, -0.25) is 9.59 Å². The maximum Gasteiger partial charge on any atom is 0.305 e. The van der Waals surface area contributed by atoms with Crippen LogP contribution in [0, 0.1) is 0 Å². The Bertz CT molecular complexity index is 476. The molecule has 0 saturated carbocycles. The number of esters is 1. The van der Waals surface area contributed by atoms with Crippen LogP contribution < -0.4 is 0 Å². The highest BCUT2D eigenvalue weighted by atomic mass is 32.1. The van der Waals surface area contributed by atoms with Gasteiger partial charge in [-0.05, 0) is 44.3 Å². The van der Waals surface area contributed by atoms with Gasteiger partial charge in [-0.1, -0.05) is 6.07 Å². The molecule has 1 aliphatic heterocycles. The molecule has 0 N–H and O–H groups in total. The van der Waals surface area contributed by atoms with E-state index in [0.29, 0.717) is 13.0 Å². The van der Waals surface area contributed by atoms with Crippen molar-refractivity contribution < 1.29 is 14.3 Å². The summed E-state index contributed by atoms with van der Waals surface area (Å²) in [5, 5.41) is 1.94. The number of amides is 1. The highest BCUT2D eigenvalue weighted by Gasteiger charge is 2.20. The first-order valence-electron chi connectivity index (χ1n) is 7.91. The first-order valence-corrected chi connectivity index (χ1v) is 8.79. The molecule has 0 aromatic carbocycles. The molecule has 0 atom stereocenters. The van der Waals surface area contributed by atoms with Crippen LogP contribution in [0.3, 0.4) is 0 Å². The zero-order valence-corrected chi connectivity index (χ0v) is 13.9. The fraction of sp³-hybridized carbons (Fsp3) is 0.625. The lowest BCUT2D eigenvalue weighted by molar-refractivity contribution is -0.143. The lowest BCUT2D eigenvalue weighted by atomic mass is 10.3. The standard InChI is InChI=1S/C16H24N2O3S/c1-2-21-15(19)7-3-8-17-9-5-10-18(12-11-17)16(20)14-6-4-13-22-14/h4,6,13H,2-3,5,7-12H2,1H3. The van der Waals surface area contributed by atoms with Crippen molar-refractivity contribution in [2.24, 2.45) is 0 Å². The Morgan fingerprint density at radius 1 is 1.27 bits per heavy atom. The number of carbonyl (C=O) groups excluding carboxylic acids is 2. The van der Waals surface area contributed by atoms with Crippen LogP contribution in [0.25, 0.3) is 0 Å². The number of thiophene rings is 1. The van der Waals surface area contributed by atoms with E-state index < -0.39 is 0 Å². The first kappa shape index (κ1) is 17.0. The highest BCUT2D eigenvalue weighted by Crippen LogP contribution is 2.14. The average molecular weight is 324 g/mol. The van der Waals surface area contributed by atoms with Crippen LogP contribution in [0.5, 0.6) is 0 Å². The van der Waals surface area contributed by atoms with Crippen molar-refractivity contribution in [1.82, 2.24) is 9.80 Å². The minimum atomic E-state index is -0.119. The number of hydrogen-bond acceptors (Lipinski definition) is 5. The van der Waals surface area contributed by atoms with Gasteiger partial charge in [0.15, 0.2) is 0 Å². The van der Waals surface area contributed by atoms with E-state index in [1.807, 2.05) is 29.3 Å². The zero-order chi connectivity index (χ0) is 15.8. The van der Waals surface area contributed by atoms with E-state index in [0.717, 1.165) is 50.4 Å². The molecule has 1 aromatic heterocycles. The summed E-state index contributed by atoms with van der Waals surface area (Å²) in [6.07, 6.45) is 2.27. The lowest BCUT2D eigenvalue weighted by Crippen LogP contribution is -2.35. The average Bonchev–Trinajstić information content (AvgIpc) is 2.94. The Morgan fingerprint density at radius 2 is 2.14 bits per heavy atom. The lowest BCUT2D eigenvalue weighted by Gasteiger charge is -2.21. The molecule has 122 valence electrons. The molecule has 0 radical (unpaired) electrons. The van der Waals surface area contributed by atoms with Crippen molar-refractivity contribution in [2.45, 2.75) is 26.2 Å². The Morgan fingerprint density at radius 3 is 2.86 bits per heavy atom. The van der Waals surface area contributed by atoms with Crippen LogP contribution >= 0.6 is 11.3 Å². The van der Waals surface area contributed by atoms with Crippen molar-refractivity contribution in [3.63, 3.8) is 0 Å². The smallest absolute Gasteiger partial charge is 0.305 e. The minimum absolute atomic E-state index is 0.119. The summed E-state index contributed by atoms with van der Waals surface area (Å²) in [7, 11) is 0. The van der Waals surface area contributed by atoms with E-state index in [2.05, 4.69) is 4.90 Å². The number of ether oxygens (including phenoxy) is 1. The van der Waals surface area contributed by atoms with Crippen molar-refractivity contribution >= 4 is 23.2 Å². The predicted octanol–water partition coefficient (Wildman–Crippen LogP) is 2.24. The third kappa shape index (κ3) is 5.10. The Hall–Kier alpha value is -1.40. The van der Waals surface area contributed by atoms with Gasteiger partial charge in [0.05, 0.1) is 11.5 Å². The SMILES string of the molecule is CCOC(=O)CCCN1CCCN(C(=O)c2cccs2)CC1. The molecule has 5 nitrogen and oxygen atoms in total. The molecule has 1 saturated heterocycles. The maximum absolute atomic E-state index is 12.4. The van der Waals surface area contributed by atoms with Gasteiger partial charge in [0.2, 0.25) is 0 Å². The maximum atomic E-state index is 12.4.